The molecule has 0 bridgehead atoms. The summed E-state index contributed by atoms with van der Waals surface area (Å²) in [7, 11) is 0. The minimum atomic E-state index is -0.909. The maximum atomic E-state index is 12.8. The molecule has 5 heteroatoms. The lowest BCUT2D eigenvalue weighted by atomic mass is 9.98. The monoisotopic (exact) mass is 348 g/mol. The van der Waals surface area contributed by atoms with E-state index in [0.717, 1.165) is 42.4 Å². The van der Waals surface area contributed by atoms with Gasteiger partial charge in [0.15, 0.2) is 0 Å². The summed E-state index contributed by atoms with van der Waals surface area (Å²) < 4.78 is 0. The highest BCUT2D eigenvalue weighted by molar-refractivity contribution is 5.98. The number of carboxylic acids is 1. The van der Waals surface area contributed by atoms with E-state index in [4.69, 9.17) is 5.11 Å². The maximum Gasteiger partial charge on any atom is 0.335 e. The van der Waals surface area contributed by atoms with Crippen molar-refractivity contribution in [2.24, 2.45) is 5.92 Å². The van der Waals surface area contributed by atoms with E-state index in [0.29, 0.717) is 17.0 Å². The number of carbonyl (C=O) groups is 2. The molecule has 1 fully saturated rings. The van der Waals surface area contributed by atoms with Crippen LogP contribution in [-0.4, -0.2) is 40.0 Å². The molecule has 1 aliphatic rings. The number of rotatable bonds is 4. The van der Waals surface area contributed by atoms with E-state index >= 15 is 0 Å². The summed E-state index contributed by atoms with van der Waals surface area (Å²) in [5.74, 6) is -0.428. The molecule has 1 unspecified atom stereocenters. The lowest BCUT2D eigenvalue weighted by molar-refractivity contribution is 0.0696. The van der Waals surface area contributed by atoms with E-state index in [2.05, 4.69) is 4.98 Å². The van der Waals surface area contributed by atoms with Crippen molar-refractivity contribution in [3.63, 3.8) is 0 Å². The van der Waals surface area contributed by atoms with Gasteiger partial charge in [0.05, 0.1) is 5.56 Å². The van der Waals surface area contributed by atoms with Gasteiger partial charge in [-0.05, 0) is 60.0 Å². The predicted molar refractivity (Wildman–Crippen MR) is 99.4 cm³/mol. The minimum absolute atomic E-state index is 0.0743. The largest absolute Gasteiger partial charge is 0.478 e. The van der Waals surface area contributed by atoms with Crippen LogP contribution in [0.25, 0.3) is 10.9 Å². The molecule has 1 aromatic heterocycles. The molecule has 4 rings (SSSR count). The number of fused-ring (bicyclic) bond motifs is 1. The number of aromatic nitrogens is 1. The van der Waals surface area contributed by atoms with Crippen LogP contribution in [0.3, 0.4) is 0 Å². The number of hydrogen-bond donors (Lipinski definition) is 2. The van der Waals surface area contributed by atoms with Crippen LogP contribution in [0.5, 0.6) is 0 Å². The van der Waals surface area contributed by atoms with Gasteiger partial charge in [-0.2, -0.15) is 0 Å². The van der Waals surface area contributed by atoms with Gasteiger partial charge in [0.1, 0.15) is 0 Å². The first-order valence-electron chi connectivity index (χ1n) is 8.79. The molecule has 1 aliphatic heterocycles. The molecular weight excluding hydrogens is 328 g/mol. The van der Waals surface area contributed by atoms with Crippen LogP contribution in [0.4, 0.5) is 0 Å². The summed E-state index contributed by atoms with van der Waals surface area (Å²) in [6.07, 6.45) is 3.71. The molecule has 2 aromatic carbocycles. The van der Waals surface area contributed by atoms with Crippen molar-refractivity contribution in [2.45, 2.75) is 12.8 Å². The molecule has 5 nitrogen and oxygen atoms in total. The lowest BCUT2D eigenvalue weighted by Crippen LogP contribution is -2.28. The number of nitrogens with zero attached hydrogens (tertiary/aromatic N) is 1. The smallest absolute Gasteiger partial charge is 0.335 e. The first-order valence-corrected chi connectivity index (χ1v) is 8.79. The molecule has 26 heavy (non-hydrogen) atoms. The molecule has 1 saturated heterocycles. The van der Waals surface area contributed by atoms with Crippen LogP contribution < -0.4 is 0 Å². The average molecular weight is 348 g/mol. The van der Waals surface area contributed by atoms with Crippen LogP contribution in [0.2, 0.25) is 0 Å². The van der Waals surface area contributed by atoms with E-state index in [1.54, 1.807) is 12.1 Å². The Kier molecular flexibility index (Phi) is 4.21. The normalized spacial score (nSPS) is 16.9. The Morgan fingerprint density at radius 1 is 1.08 bits per heavy atom. The second kappa shape index (κ2) is 6.67. The Morgan fingerprint density at radius 2 is 1.85 bits per heavy atom. The third-order valence-corrected chi connectivity index (χ3v) is 5.10. The Hall–Kier alpha value is -3.08. The van der Waals surface area contributed by atoms with Crippen molar-refractivity contribution in [1.29, 1.82) is 0 Å². The van der Waals surface area contributed by atoms with Crippen LogP contribution in [0, 0.1) is 5.92 Å². The topological polar surface area (TPSA) is 73.4 Å². The molecule has 2 heterocycles. The Labute approximate surface area is 151 Å². The number of aromatic amines is 1. The van der Waals surface area contributed by atoms with E-state index in [9.17, 15) is 9.59 Å². The Bertz CT molecular complexity index is 959. The quantitative estimate of drug-likeness (QED) is 0.757. The van der Waals surface area contributed by atoms with Gasteiger partial charge in [0.25, 0.3) is 5.91 Å². The van der Waals surface area contributed by atoms with E-state index in [1.807, 2.05) is 47.5 Å². The minimum Gasteiger partial charge on any atom is -0.478 e. The van der Waals surface area contributed by atoms with Crippen molar-refractivity contribution >= 4 is 22.8 Å². The molecule has 132 valence electrons. The highest BCUT2D eigenvalue weighted by Crippen LogP contribution is 2.24. The maximum absolute atomic E-state index is 12.8. The second-order valence-electron chi connectivity index (χ2n) is 6.89. The number of benzene rings is 2. The fourth-order valence-corrected chi connectivity index (χ4v) is 3.66. The number of likely N-dealkylation sites (tertiary alicyclic amines) is 1. The van der Waals surface area contributed by atoms with E-state index in [1.165, 1.54) is 0 Å². The first-order chi connectivity index (χ1) is 12.6. The summed E-state index contributed by atoms with van der Waals surface area (Å²) in [5, 5.41) is 10.1. The molecule has 1 atom stereocenters. The van der Waals surface area contributed by atoms with Crippen molar-refractivity contribution < 1.29 is 14.7 Å². The Balaban J connectivity index is 1.41. The van der Waals surface area contributed by atoms with E-state index in [-0.39, 0.29) is 5.91 Å². The van der Waals surface area contributed by atoms with Gasteiger partial charge < -0.3 is 15.0 Å². The summed E-state index contributed by atoms with van der Waals surface area (Å²) in [6.45, 7) is 1.50. The highest BCUT2D eigenvalue weighted by Gasteiger charge is 2.27. The van der Waals surface area contributed by atoms with Gasteiger partial charge >= 0.3 is 5.97 Å². The Morgan fingerprint density at radius 3 is 2.62 bits per heavy atom. The van der Waals surface area contributed by atoms with Crippen LogP contribution in [0.15, 0.2) is 54.7 Å². The predicted octanol–water partition coefficient (Wildman–Crippen LogP) is 3.57. The van der Waals surface area contributed by atoms with Gasteiger partial charge in [-0.25, -0.2) is 4.79 Å². The van der Waals surface area contributed by atoms with Crippen molar-refractivity contribution in [2.75, 3.05) is 13.1 Å². The SMILES string of the molecule is O=C(O)c1ccc(CC2CCN(C(=O)c3ccc4cc[nH]c4c3)C2)cc1. The summed E-state index contributed by atoms with van der Waals surface area (Å²) in [5.41, 5.74) is 3.11. The van der Waals surface area contributed by atoms with Crippen LogP contribution in [0.1, 0.15) is 32.7 Å². The number of carbonyl (C=O) groups excluding carboxylic acids is 1. The molecular formula is C21H20N2O3. The second-order valence-corrected chi connectivity index (χ2v) is 6.89. The molecule has 3 aromatic rings. The fraction of sp³-hybridized carbons (Fsp3) is 0.238. The first kappa shape index (κ1) is 16.4. The molecule has 0 radical (unpaired) electrons. The van der Waals surface area contributed by atoms with Crippen LogP contribution in [-0.2, 0) is 6.42 Å². The van der Waals surface area contributed by atoms with Crippen molar-refractivity contribution in [3.05, 3.63) is 71.4 Å². The number of H-pyrrole nitrogens is 1. The molecule has 0 saturated carbocycles. The van der Waals surface area contributed by atoms with E-state index < -0.39 is 5.97 Å². The zero-order chi connectivity index (χ0) is 18.1. The lowest BCUT2D eigenvalue weighted by Gasteiger charge is -2.17. The van der Waals surface area contributed by atoms with Gasteiger partial charge in [0.2, 0.25) is 0 Å². The molecule has 0 aliphatic carbocycles. The van der Waals surface area contributed by atoms with Gasteiger partial charge in [-0.3, -0.25) is 4.79 Å². The summed E-state index contributed by atoms with van der Waals surface area (Å²) in [6, 6.07) is 14.8. The summed E-state index contributed by atoms with van der Waals surface area (Å²) in [4.78, 5) is 28.8. The number of nitrogens with one attached hydrogen (secondary N) is 1. The number of hydrogen-bond acceptors (Lipinski definition) is 2. The number of amides is 1. The van der Waals surface area contributed by atoms with Crippen molar-refractivity contribution in [3.8, 4) is 0 Å². The highest BCUT2D eigenvalue weighted by atomic mass is 16.4. The summed E-state index contributed by atoms with van der Waals surface area (Å²) >= 11 is 0. The number of aromatic carboxylic acids is 1. The fourth-order valence-electron chi connectivity index (χ4n) is 3.66. The molecule has 1 amide bonds. The standard InChI is InChI=1S/C21H20N2O3/c24-20(18-6-5-16-7-9-22-19(16)12-18)23-10-8-15(13-23)11-14-1-3-17(4-2-14)21(25)26/h1-7,9,12,15,22H,8,10-11,13H2,(H,25,26). The molecule has 2 N–H and O–H groups in total. The molecule has 0 spiro atoms. The van der Waals surface area contributed by atoms with Gasteiger partial charge in [-0.15, -0.1) is 0 Å². The van der Waals surface area contributed by atoms with Gasteiger partial charge in [-0.1, -0.05) is 18.2 Å². The zero-order valence-corrected chi connectivity index (χ0v) is 14.3. The van der Waals surface area contributed by atoms with Crippen molar-refractivity contribution in [1.82, 2.24) is 9.88 Å². The van der Waals surface area contributed by atoms with Crippen LogP contribution >= 0.6 is 0 Å². The average Bonchev–Trinajstić information content (AvgIpc) is 3.30. The zero-order valence-electron chi connectivity index (χ0n) is 14.3. The van der Waals surface area contributed by atoms with Gasteiger partial charge in [0, 0.05) is 30.4 Å². The third-order valence-electron chi connectivity index (χ3n) is 5.10. The number of carboxylic acid groups (broad SMARTS) is 1. The third kappa shape index (κ3) is 3.20.